The number of fused-ring (bicyclic) bond motifs is 1. The maximum absolute atomic E-state index is 14.1. The summed E-state index contributed by atoms with van der Waals surface area (Å²) in [5, 5.41) is 12.5. The van der Waals surface area contributed by atoms with Crippen LogP contribution < -0.4 is 20.1 Å². The van der Waals surface area contributed by atoms with Crippen LogP contribution in [-0.2, 0) is 15.3 Å². The van der Waals surface area contributed by atoms with Gasteiger partial charge in [0, 0.05) is 35.2 Å². The van der Waals surface area contributed by atoms with Crippen molar-refractivity contribution >= 4 is 62.7 Å². The predicted molar refractivity (Wildman–Crippen MR) is 197 cm³/mol. The Morgan fingerprint density at radius 1 is 1.06 bits per heavy atom. The van der Waals surface area contributed by atoms with Crippen molar-refractivity contribution in [2.75, 3.05) is 36.9 Å². The molecular weight excluding hydrogens is 728 g/mol. The zero-order valence-corrected chi connectivity index (χ0v) is 30.8. The lowest BCUT2D eigenvalue weighted by Crippen LogP contribution is -2.38. The first-order valence-electron chi connectivity index (χ1n) is 16.3. The van der Waals surface area contributed by atoms with Crippen LogP contribution in [0.2, 0.25) is 5.02 Å². The molecule has 0 spiro atoms. The molecule has 0 bridgehead atoms. The number of likely N-dealkylation sites (tertiary alicyclic amines) is 1. The summed E-state index contributed by atoms with van der Waals surface area (Å²) in [6.07, 6.45) is 3.14. The average molecular weight is 766 g/mol. The molecule has 6 rings (SSSR count). The lowest BCUT2D eigenvalue weighted by atomic mass is 9.94. The molecular formula is C36H38BrClN6O4S. The molecule has 1 atom stereocenters. The molecule has 10 nitrogen and oxygen atoms in total. The molecule has 0 radical (unpaired) electrons. The number of halogens is 2. The summed E-state index contributed by atoms with van der Waals surface area (Å²) in [4.78, 5) is 33.7. The number of nitrogens with zero attached hydrogens (tertiary/aromatic N) is 4. The van der Waals surface area contributed by atoms with Gasteiger partial charge >= 0.3 is 0 Å². The molecule has 2 aliphatic heterocycles. The fraction of sp³-hybridized carbons (Fsp3) is 0.333. The monoisotopic (exact) mass is 764 g/mol. The maximum atomic E-state index is 14.1. The van der Waals surface area contributed by atoms with E-state index in [2.05, 4.69) is 26.6 Å². The first-order valence-corrected chi connectivity index (χ1v) is 18.4. The van der Waals surface area contributed by atoms with Crippen molar-refractivity contribution in [1.82, 2.24) is 19.7 Å². The highest BCUT2D eigenvalue weighted by Crippen LogP contribution is 2.43. The Hall–Kier alpha value is -4.00. The minimum atomic E-state index is -0.678. The summed E-state index contributed by atoms with van der Waals surface area (Å²) in [6, 6.07) is 18.4. The summed E-state index contributed by atoms with van der Waals surface area (Å²) in [7, 11) is 0. The van der Waals surface area contributed by atoms with Crippen LogP contribution >= 0.6 is 39.3 Å². The normalized spacial score (nSPS) is 15.8. The van der Waals surface area contributed by atoms with Crippen LogP contribution in [0.5, 0.6) is 11.5 Å². The second kappa shape index (κ2) is 15.7. The van der Waals surface area contributed by atoms with Gasteiger partial charge in [-0.05, 0) is 103 Å². The second-order valence-electron chi connectivity index (χ2n) is 11.9. The lowest BCUT2D eigenvalue weighted by Gasteiger charge is -2.29. The zero-order chi connectivity index (χ0) is 34.5. The minimum absolute atomic E-state index is 0.0563. The largest absolute Gasteiger partial charge is 0.490 e. The molecule has 49 heavy (non-hydrogen) atoms. The van der Waals surface area contributed by atoms with Crippen molar-refractivity contribution < 1.29 is 19.1 Å². The van der Waals surface area contributed by atoms with E-state index in [-0.39, 0.29) is 18.4 Å². The topological polar surface area (TPSA) is 111 Å². The highest BCUT2D eigenvalue weighted by Gasteiger charge is 2.36. The number of allylic oxidation sites excluding steroid dienone is 1. The van der Waals surface area contributed by atoms with Crippen molar-refractivity contribution in [1.29, 1.82) is 0 Å². The third-order valence-electron chi connectivity index (χ3n) is 8.36. The van der Waals surface area contributed by atoms with Crippen LogP contribution in [0, 0.1) is 6.92 Å². The number of benzene rings is 3. The van der Waals surface area contributed by atoms with Crippen LogP contribution in [0.3, 0.4) is 0 Å². The SMILES string of the molecule is CCOc1cc(C2C(C(=O)Nc3cccc(C)c3)=C(C)Nc3nc(SCc4ccccc4Cl)nn32)cc(Br)c1OCC(=O)N1CCCCC1. The van der Waals surface area contributed by atoms with Gasteiger partial charge in [-0.25, -0.2) is 4.68 Å². The molecule has 3 aromatic carbocycles. The van der Waals surface area contributed by atoms with Crippen LogP contribution in [0.1, 0.15) is 55.8 Å². The van der Waals surface area contributed by atoms with Gasteiger partial charge in [0.2, 0.25) is 11.1 Å². The van der Waals surface area contributed by atoms with Gasteiger partial charge in [0.1, 0.15) is 6.04 Å². The summed E-state index contributed by atoms with van der Waals surface area (Å²) in [5.41, 5.74) is 4.50. The first kappa shape index (κ1) is 34.8. The number of anilines is 2. The van der Waals surface area contributed by atoms with E-state index in [0.717, 1.165) is 43.5 Å². The van der Waals surface area contributed by atoms with Crippen LogP contribution in [0.15, 0.2) is 81.6 Å². The molecule has 13 heteroatoms. The fourth-order valence-corrected chi connectivity index (χ4v) is 7.68. The Labute approximate surface area is 303 Å². The van der Waals surface area contributed by atoms with E-state index in [1.807, 2.05) is 86.3 Å². The molecule has 1 aromatic heterocycles. The predicted octanol–water partition coefficient (Wildman–Crippen LogP) is 8.01. The molecule has 256 valence electrons. The number of aromatic nitrogens is 3. The number of piperidine rings is 1. The zero-order valence-electron chi connectivity index (χ0n) is 27.6. The van der Waals surface area contributed by atoms with E-state index in [4.69, 9.17) is 31.2 Å². The second-order valence-corrected chi connectivity index (χ2v) is 14.1. The van der Waals surface area contributed by atoms with Crippen LogP contribution in [0.4, 0.5) is 11.6 Å². The molecule has 2 amide bonds. The Kier molecular flexibility index (Phi) is 11.2. The van der Waals surface area contributed by atoms with E-state index in [0.29, 0.717) is 67.0 Å². The molecule has 2 aliphatic rings. The molecule has 1 saturated heterocycles. The molecule has 0 saturated carbocycles. The number of hydrogen-bond donors (Lipinski definition) is 2. The Morgan fingerprint density at radius 3 is 2.61 bits per heavy atom. The van der Waals surface area contributed by atoms with E-state index < -0.39 is 6.04 Å². The third kappa shape index (κ3) is 8.08. The van der Waals surface area contributed by atoms with Crippen molar-refractivity contribution in [3.63, 3.8) is 0 Å². The van der Waals surface area contributed by atoms with E-state index in [1.54, 1.807) is 4.68 Å². The number of nitrogens with one attached hydrogen (secondary N) is 2. The van der Waals surface area contributed by atoms with E-state index in [9.17, 15) is 9.59 Å². The van der Waals surface area contributed by atoms with Gasteiger partial charge in [-0.2, -0.15) is 4.98 Å². The van der Waals surface area contributed by atoms with Crippen molar-refractivity contribution in [2.45, 2.75) is 57.0 Å². The van der Waals surface area contributed by atoms with Crippen molar-refractivity contribution in [3.05, 3.63) is 98.1 Å². The van der Waals surface area contributed by atoms with Crippen LogP contribution in [0.25, 0.3) is 0 Å². The van der Waals surface area contributed by atoms with E-state index >= 15 is 0 Å². The number of carbonyl (C=O) groups is 2. The molecule has 3 heterocycles. The van der Waals surface area contributed by atoms with Gasteiger partial charge in [-0.3, -0.25) is 9.59 Å². The molecule has 1 unspecified atom stereocenters. The first-order chi connectivity index (χ1) is 23.7. The molecule has 0 aliphatic carbocycles. The van der Waals surface area contributed by atoms with Gasteiger partial charge in [0.15, 0.2) is 18.1 Å². The standard InChI is InChI=1S/C36H38BrClN6O4S/c1-4-47-29-19-25(18-27(37)33(29)48-20-30(45)43-15-8-5-9-16-43)32-31(34(46)40-26-13-10-11-22(2)17-26)23(3)39-35-41-36(42-44(32)35)49-21-24-12-6-7-14-28(24)38/h6-7,10-14,17-19,32H,4-5,8-9,15-16,20-21H2,1-3H3,(H,40,46)(H,39,41,42). The van der Waals surface area contributed by atoms with Crippen molar-refractivity contribution in [3.8, 4) is 11.5 Å². The van der Waals surface area contributed by atoms with Crippen molar-refractivity contribution in [2.24, 2.45) is 0 Å². The highest BCUT2D eigenvalue weighted by atomic mass is 79.9. The average Bonchev–Trinajstić information content (AvgIpc) is 3.49. The number of ether oxygens (including phenoxy) is 2. The Bertz CT molecular complexity index is 1890. The number of carbonyl (C=O) groups excluding carboxylic acids is 2. The number of rotatable bonds is 11. The van der Waals surface area contributed by atoms with Gasteiger partial charge in [0.25, 0.3) is 11.8 Å². The quantitative estimate of drug-likeness (QED) is 0.148. The maximum Gasteiger partial charge on any atom is 0.260 e. The number of amides is 2. The summed E-state index contributed by atoms with van der Waals surface area (Å²) in [6.45, 7) is 7.47. The minimum Gasteiger partial charge on any atom is -0.490 e. The Morgan fingerprint density at radius 2 is 1.86 bits per heavy atom. The van der Waals surface area contributed by atoms with Gasteiger partial charge < -0.3 is 25.0 Å². The molecule has 2 N–H and O–H groups in total. The van der Waals surface area contributed by atoms with Gasteiger partial charge in [0.05, 0.1) is 16.7 Å². The number of thioether (sulfide) groups is 1. The van der Waals surface area contributed by atoms with Gasteiger partial charge in [-0.15, -0.1) is 5.10 Å². The summed E-state index contributed by atoms with van der Waals surface area (Å²) < 4.78 is 14.5. The smallest absolute Gasteiger partial charge is 0.260 e. The highest BCUT2D eigenvalue weighted by molar-refractivity contribution is 9.10. The van der Waals surface area contributed by atoms with Gasteiger partial charge in [-0.1, -0.05) is 53.7 Å². The number of hydrogen-bond acceptors (Lipinski definition) is 8. The lowest BCUT2D eigenvalue weighted by molar-refractivity contribution is -0.134. The fourth-order valence-electron chi connectivity index (χ4n) is 5.99. The molecule has 4 aromatic rings. The third-order valence-corrected chi connectivity index (χ3v) is 10.2. The van der Waals surface area contributed by atoms with E-state index in [1.165, 1.54) is 11.8 Å². The molecule has 1 fully saturated rings. The summed E-state index contributed by atoms with van der Waals surface area (Å²) in [5.74, 6) is 1.60. The number of aryl methyl sites for hydroxylation is 1. The Balaban J connectivity index is 1.36. The van der Waals surface area contributed by atoms with Crippen LogP contribution in [-0.4, -0.2) is 57.8 Å². The summed E-state index contributed by atoms with van der Waals surface area (Å²) >= 11 is 11.6.